The maximum atomic E-state index is 12.2. The molecule has 0 fully saturated rings. The van der Waals surface area contributed by atoms with Crippen LogP contribution < -0.4 is 10.2 Å². The SMILES string of the molecule is CCC(=O)Oc1c(-c2ccco2)cc(=O)c2coccc1-2. The van der Waals surface area contributed by atoms with Crippen LogP contribution in [0.5, 0.6) is 5.75 Å². The number of rotatable bonds is 3. The third-order valence-corrected chi connectivity index (χ3v) is 3.11. The summed E-state index contributed by atoms with van der Waals surface area (Å²) in [5.41, 5.74) is 1.09. The van der Waals surface area contributed by atoms with Gasteiger partial charge in [-0.2, -0.15) is 0 Å². The second-order valence-electron chi connectivity index (χ2n) is 4.44. The Morgan fingerprint density at radius 3 is 2.76 bits per heavy atom. The first-order chi connectivity index (χ1) is 10.2. The number of hydrogen-bond donors (Lipinski definition) is 0. The van der Waals surface area contributed by atoms with Crippen LogP contribution in [0.2, 0.25) is 0 Å². The van der Waals surface area contributed by atoms with Gasteiger partial charge in [0.1, 0.15) is 17.8 Å². The van der Waals surface area contributed by atoms with E-state index in [2.05, 4.69) is 0 Å². The zero-order chi connectivity index (χ0) is 14.8. The molecule has 0 unspecified atom stereocenters. The molecule has 2 aliphatic rings. The lowest BCUT2D eigenvalue weighted by Gasteiger charge is -2.14. The van der Waals surface area contributed by atoms with E-state index in [1.165, 1.54) is 24.9 Å². The summed E-state index contributed by atoms with van der Waals surface area (Å²) in [6, 6.07) is 6.39. The van der Waals surface area contributed by atoms with E-state index in [1.807, 2.05) is 0 Å². The van der Waals surface area contributed by atoms with Gasteiger partial charge in [0.15, 0.2) is 5.43 Å². The van der Waals surface area contributed by atoms with Gasteiger partial charge in [-0.3, -0.25) is 9.59 Å². The van der Waals surface area contributed by atoms with Gasteiger partial charge in [-0.25, -0.2) is 0 Å². The van der Waals surface area contributed by atoms with Crippen molar-refractivity contribution in [1.29, 1.82) is 0 Å². The first-order valence-electron chi connectivity index (χ1n) is 6.48. The van der Waals surface area contributed by atoms with Gasteiger partial charge in [-0.05, 0) is 18.2 Å². The fraction of sp³-hybridized carbons (Fsp3) is 0.125. The van der Waals surface area contributed by atoms with Gasteiger partial charge < -0.3 is 13.6 Å². The van der Waals surface area contributed by atoms with Crippen LogP contribution in [0.25, 0.3) is 22.5 Å². The van der Waals surface area contributed by atoms with Gasteiger partial charge in [-0.15, -0.1) is 0 Å². The van der Waals surface area contributed by atoms with Gasteiger partial charge >= 0.3 is 5.97 Å². The van der Waals surface area contributed by atoms with Crippen molar-refractivity contribution in [1.82, 2.24) is 0 Å². The molecule has 1 aliphatic heterocycles. The smallest absolute Gasteiger partial charge is 0.310 e. The summed E-state index contributed by atoms with van der Waals surface area (Å²) in [5, 5.41) is 0. The summed E-state index contributed by atoms with van der Waals surface area (Å²) in [6.07, 6.45) is 4.50. The highest BCUT2D eigenvalue weighted by molar-refractivity contribution is 5.86. The first kappa shape index (κ1) is 13.2. The number of benzene rings is 1. The molecule has 1 aliphatic carbocycles. The summed E-state index contributed by atoms with van der Waals surface area (Å²) in [7, 11) is 0. The molecule has 5 nitrogen and oxygen atoms in total. The second kappa shape index (κ2) is 5.28. The van der Waals surface area contributed by atoms with Crippen LogP contribution in [-0.2, 0) is 4.79 Å². The maximum absolute atomic E-state index is 12.2. The highest BCUT2D eigenvalue weighted by Gasteiger charge is 2.22. The van der Waals surface area contributed by atoms with E-state index in [9.17, 15) is 9.59 Å². The van der Waals surface area contributed by atoms with Crippen LogP contribution in [-0.4, -0.2) is 5.97 Å². The molecule has 106 valence electrons. The normalized spacial score (nSPS) is 10.7. The van der Waals surface area contributed by atoms with E-state index in [1.54, 1.807) is 25.1 Å². The quantitative estimate of drug-likeness (QED) is 0.545. The molecule has 0 spiro atoms. The number of carbonyl (C=O) groups is 1. The van der Waals surface area contributed by atoms with Gasteiger partial charge in [-0.1, -0.05) is 6.92 Å². The van der Waals surface area contributed by atoms with Crippen LogP contribution in [0.15, 0.2) is 56.7 Å². The van der Waals surface area contributed by atoms with Crippen molar-refractivity contribution in [3.05, 3.63) is 53.3 Å². The number of carbonyl (C=O) groups excluding carboxylic acids is 1. The Labute approximate surface area is 120 Å². The van der Waals surface area contributed by atoms with Gasteiger partial charge in [0.05, 0.1) is 23.7 Å². The van der Waals surface area contributed by atoms with Crippen LogP contribution in [0.3, 0.4) is 0 Å². The zero-order valence-electron chi connectivity index (χ0n) is 11.3. The second-order valence-corrected chi connectivity index (χ2v) is 4.44. The highest BCUT2D eigenvalue weighted by atomic mass is 16.5. The summed E-state index contributed by atoms with van der Waals surface area (Å²) in [5.74, 6) is 0.388. The number of hydrogen-bond acceptors (Lipinski definition) is 5. The molecule has 0 radical (unpaired) electrons. The number of ether oxygens (including phenoxy) is 1. The van der Waals surface area contributed by atoms with Crippen molar-refractivity contribution in [2.45, 2.75) is 13.3 Å². The molecule has 3 rings (SSSR count). The van der Waals surface area contributed by atoms with Crippen LogP contribution in [0.4, 0.5) is 0 Å². The number of fused-ring (bicyclic) bond motifs is 1. The third-order valence-electron chi connectivity index (χ3n) is 3.11. The predicted molar refractivity (Wildman–Crippen MR) is 75.2 cm³/mol. The number of esters is 1. The fourth-order valence-corrected chi connectivity index (χ4v) is 2.09. The van der Waals surface area contributed by atoms with Crippen molar-refractivity contribution in [3.8, 4) is 28.2 Å². The lowest BCUT2D eigenvalue weighted by atomic mass is 9.99. The number of furan rings is 1. The lowest BCUT2D eigenvalue weighted by Crippen LogP contribution is -2.12. The van der Waals surface area contributed by atoms with E-state index in [0.717, 1.165) is 0 Å². The Kier molecular flexibility index (Phi) is 3.31. The summed E-state index contributed by atoms with van der Waals surface area (Å²) >= 11 is 0. The van der Waals surface area contributed by atoms with Crippen LogP contribution in [0.1, 0.15) is 13.3 Å². The minimum atomic E-state index is -0.386. The monoisotopic (exact) mass is 284 g/mol. The molecule has 21 heavy (non-hydrogen) atoms. The minimum Gasteiger partial charge on any atom is -0.472 e. The average Bonchev–Trinajstić information content (AvgIpc) is 3.04. The van der Waals surface area contributed by atoms with Crippen molar-refractivity contribution in [2.24, 2.45) is 0 Å². The Balaban J connectivity index is 2.30. The summed E-state index contributed by atoms with van der Waals surface area (Å²) < 4.78 is 15.8. The Morgan fingerprint density at radius 2 is 2.05 bits per heavy atom. The van der Waals surface area contributed by atoms with Crippen LogP contribution in [0, 0.1) is 0 Å². The van der Waals surface area contributed by atoms with Crippen molar-refractivity contribution < 1.29 is 18.4 Å². The Morgan fingerprint density at radius 1 is 1.19 bits per heavy atom. The van der Waals surface area contributed by atoms with E-state index >= 15 is 0 Å². The molecule has 0 N–H and O–H groups in total. The minimum absolute atomic E-state index is 0.225. The standard InChI is InChI=1S/C16H12O5/c1-2-15(18)21-16-10-5-7-19-9-12(10)13(17)8-11(16)14-4-3-6-20-14/h3-9H,2H2,1H3. The lowest BCUT2D eigenvalue weighted by molar-refractivity contribution is -0.133. The van der Waals surface area contributed by atoms with E-state index in [4.69, 9.17) is 13.6 Å². The molecule has 0 atom stereocenters. The van der Waals surface area contributed by atoms with E-state index in [0.29, 0.717) is 28.2 Å². The molecular formula is C16H12O5. The molecule has 0 bridgehead atoms. The topological polar surface area (TPSA) is 69.7 Å². The molecule has 0 saturated heterocycles. The predicted octanol–water partition coefficient (Wildman–Crippen LogP) is 3.32. The Hall–Kier alpha value is -2.82. The highest BCUT2D eigenvalue weighted by Crippen LogP contribution is 2.38. The van der Waals surface area contributed by atoms with E-state index in [-0.39, 0.29) is 17.8 Å². The van der Waals surface area contributed by atoms with Gasteiger partial charge in [0, 0.05) is 18.1 Å². The molecule has 2 heterocycles. The largest absolute Gasteiger partial charge is 0.472 e. The zero-order valence-corrected chi connectivity index (χ0v) is 11.3. The third kappa shape index (κ3) is 2.33. The molecule has 0 saturated carbocycles. The molecule has 1 aromatic rings. The van der Waals surface area contributed by atoms with Gasteiger partial charge in [0.25, 0.3) is 0 Å². The molecule has 0 amide bonds. The summed E-state index contributed by atoms with van der Waals surface area (Å²) in [4.78, 5) is 23.8. The fourth-order valence-electron chi connectivity index (χ4n) is 2.09. The van der Waals surface area contributed by atoms with Crippen molar-refractivity contribution in [3.63, 3.8) is 0 Å². The van der Waals surface area contributed by atoms with Crippen molar-refractivity contribution >= 4 is 5.97 Å². The first-order valence-corrected chi connectivity index (χ1v) is 6.48. The van der Waals surface area contributed by atoms with Gasteiger partial charge in [0.2, 0.25) is 0 Å². The van der Waals surface area contributed by atoms with E-state index < -0.39 is 0 Å². The van der Waals surface area contributed by atoms with Crippen LogP contribution >= 0.6 is 0 Å². The average molecular weight is 284 g/mol. The molecular weight excluding hydrogens is 272 g/mol. The molecule has 0 aromatic carbocycles. The molecule has 1 aromatic heterocycles. The maximum Gasteiger partial charge on any atom is 0.310 e. The van der Waals surface area contributed by atoms with Crippen molar-refractivity contribution in [2.75, 3.05) is 0 Å². The molecule has 5 heteroatoms. The summed E-state index contributed by atoms with van der Waals surface area (Å²) in [6.45, 7) is 1.70. The Bertz CT molecular complexity index is 798.